The number of nitrogens with zero attached hydrogens (tertiary/aromatic N) is 1. The zero-order valence-electron chi connectivity index (χ0n) is 28.7. The third kappa shape index (κ3) is 4.26. The van der Waals surface area contributed by atoms with Crippen molar-refractivity contribution in [1.29, 1.82) is 0 Å². The Morgan fingerprint density at radius 1 is 0.615 bits per heavy atom. The number of hydrogen-bond donors (Lipinski definition) is 0. The van der Waals surface area contributed by atoms with E-state index in [1.54, 1.807) is 6.08 Å². The second kappa shape index (κ2) is 11.8. The molecule has 0 atom stereocenters. The number of ether oxygens (including phenoxy) is 2. The van der Waals surface area contributed by atoms with Crippen LogP contribution in [-0.2, 0) is 5.41 Å². The Morgan fingerprint density at radius 2 is 1.25 bits per heavy atom. The summed E-state index contributed by atoms with van der Waals surface area (Å²) in [6, 6.07) is 47.6. The van der Waals surface area contributed by atoms with Gasteiger partial charge in [0, 0.05) is 11.4 Å². The highest BCUT2D eigenvalue weighted by Crippen LogP contribution is 2.65. The van der Waals surface area contributed by atoms with Crippen LogP contribution in [0.15, 0.2) is 188 Å². The smallest absolute Gasteiger partial charge is 0.194 e. The Balaban J connectivity index is 1.15. The number of hydrogen-bond acceptors (Lipinski definition) is 3. The molecule has 0 fully saturated rings. The molecule has 0 amide bonds. The predicted octanol–water partition coefficient (Wildman–Crippen LogP) is 12.8. The van der Waals surface area contributed by atoms with Gasteiger partial charge in [-0.15, -0.1) is 0 Å². The van der Waals surface area contributed by atoms with Gasteiger partial charge in [0.15, 0.2) is 23.0 Å². The summed E-state index contributed by atoms with van der Waals surface area (Å²) in [5.41, 5.74) is 14.8. The molecular formula is C49H35NO2. The van der Waals surface area contributed by atoms with Crippen molar-refractivity contribution in [3.05, 3.63) is 216 Å². The zero-order valence-corrected chi connectivity index (χ0v) is 28.7. The van der Waals surface area contributed by atoms with E-state index < -0.39 is 5.41 Å². The van der Waals surface area contributed by atoms with Gasteiger partial charge in [0.1, 0.15) is 0 Å². The van der Waals surface area contributed by atoms with E-state index in [9.17, 15) is 0 Å². The summed E-state index contributed by atoms with van der Waals surface area (Å²) >= 11 is 0. The standard InChI is InChI=1S/C49H35NO2/c1-3-16-34(4-2)50(35-20-14-19-33(29-35)32-17-6-5-7-18-32)44-27-15-28-45-48(44)52-47-31-43-39(30-46(47)51-45)38-23-10-13-26-42(38)49(43)40-24-11-8-21-36(40)37-22-9-12-25-41(37)49/h3-13,15-18,20-31H,1-2,14,19H2/b34-16+. The maximum absolute atomic E-state index is 7.07. The van der Waals surface area contributed by atoms with Gasteiger partial charge in [-0.2, -0.15) is 0 Å². The molecule has 0 saturated heterocycles. The summed E-state index contributed by atoms with van der Waals surface area (Å²) in [5.74, 6) is 2.72. The molecule has 10 rings (SSSR count). The fourth-order valence-electron chi connectivity index (χ4n) is 8.85. The van der Waals surface area contributed by atoms with E-state index in [0.717, 1.165) is 29.9 Å². The van der Waals surface area contributed by atoms with Crippen LogP contribution < -0.4 is 14.4 Å². The van der Waals surface area contributed by atoms with Crippen LogP contribution in [-0.4, -0.2) is 0 Å². The summed E-state index contributed by atoms with van der Waals surface area (Å²) in [5, 5.41) is 0. The van der Waals surface area contributed by atoms with E-state index in [0.29, 0.717) is 23.0 Å². The highest BCUT2D eigenvalue weighted by molar-refractivity contribution is 5.96. The fourth-order valence-corrected chi connectivity index (χ4v) is 8.85. The van der Waals surface area contributed by atoms with Crippen molar-refractivity contribution in [2.24, 2.45) is 0 Å². The Hall–Kier alpha value is -6.58. The van der Waals surface area contributed by atoms with Gasteiger partial charge < -0.3 is 14.4 Å². The van der Waals surface area contributed by atoms with Crippen LogP contribution in [0.4, 0.5) is 5.69 Å². The summed E-state index contributed by atoms with van der Waals surface area (Å²) in [6.07, 6.45) is 12.1. The molecule has 4 aliphatic rings. The topological polar surface area (TPSA) is 21.7 Å². The summed E-state index contributed by atoms with van der Waals surface area (Å²) in [7, 11) is 0. The van der Waals surface area contributed by atoms with Crippen molar-refractivity contribution in [3.63, 3.8) is 0 Å². The van der Waals surface area contributed by atoms with Crippen LogP contribution in [0.1, 0.15) is 40.7 Å². The molecule has 3 nitrogen and oxygen atoms in total. The molecule has 3 aliphatic carbocycles. The zero-order chi connectivity index (χ0) is 34.8. The predicted molar refractivity (Wildman–Crippen MR) is 212 cm³/mol. The van der Waals surface area contributed by atoms with Crippen LogP contribution in [0.3, 0.4) is 0 Å². The second-order valence-corrected chi connectivity index (χ2v) is 13.6. The van der Waals surface area contributed by atoms with Gasteiger partial charge in [-0.3, -0.25) is 0 Å². The summed E-state index contributed by atoms with van der Waals surface area (Å²) in [6.45, 7) is 8.23. The Morgan fingerprint density at radius 3 is 1.92 bits per heavy atom. The van der Waals surface area contributed by atoms with Gasteiger partial charge in [-0.25, -0.2) is 0 Å². The maximum Gasteiger partial charge on any atom is 0.194 e. The molecule has 3 heteroatoms. The number of rotatable bonds is 6. The lowest BCUT2D eigenvalue weighted by atomic mass is 9.70. The highest BCUT2D eigenvalue weighted by Gasteiger charge is 2.52. The van der Waals surface area contributed by atoms with E-state index >= 15 is 0 Å². The third-order valence-corrected chi connectivity index (χ3v) is 10.9. The monoisotopic (exact) mass is 669 g/mol. The van der Waals surface area contributed by atoms with E-state index in [1.807, 2.05) is 24.3 Å². The SMILES string of the molecule is C=C/C=C(\C=C)N(C1=CCCC(c2ccccc2)=C1)c1cccc2c1Oc1cc3c(cc1O2)-c1ccccc1C31c2ccccc2-c2ccccc21. The molecule has 0 N–H and O–H groups in total. The first kappa shape index (κ1) is 30.3. The molecule has 6 aromatic carbocycles. The summed E-state index contributed by atoms with van der Waals surface area (Å²) in [4.78, 5) is 2.21. The minimum Gasteiger partial charge on any atom is -0.449 e. The van der Waals surface area contributed by atoms with Gasteiger partial charge in [-0.05, 0) is 111 Å². The van der Waals surface area contributed by atoms with Crippen LogP contribution in [0.25, 0.3) is 27.8 Å². The largest absolute Gasteiger partial charge is 0.449 e. The number of allylic oxidation sites excluding steroid dienone is 6. The lowest BCUT2D eigenvalue weighted by Gasteiger charge is -2.33. The highest BCUT2D eigenvalue weighted by atomic mass is 16.6. The third-order valence-electron chi connectivity index (χ3n) is 10.9. The molecular weight excluding hydrogens is 635 g/mol. The average Bonchev–Trinajstić information content (AvgIpc) is 3.66. The Kier molecular flexibility index (Phi) is 6.84. The lowest BCUT2D eigenvalue weighted by molar-refractivity contribution is 0.360. The molecule has 0 bridgehead atoms. The van der Waals surface area contributed by atoms with E-state index in [4.69, 9.17) is 9.47 Å². The van der Waals surface area contributed by atoms with Crippen LogP contribution in [0.2, 0.25) is 0 Å². The molecule has 0 unspecified atom stereocenters. The molecule has 248 valence electrons. The van der Waals surface area contributed by atoms with Crippen molar-refractivity contribution in [3.8, 4) is 45.3 Å². The Labute approximate surface area is 304 Å². The first-order chi connectivity index (χ1) is 25.7. The average molecular weight is 670 g/mol. The molecule has 0 saturated carbocycles. The van der Waals surface area contributed by atoms with Crippen LogP contribution in [0, 0.1) is 0 Å². The molecule has 0 radical (unpaired) electrons. The van der Waals surface area contributed by atoms with Gasteiger partial charge >= 0.3 is 0 Å². The quantitative estimate of drug-likeness (QED) is 0.165. The number of para-hydroxylation sites is 1. The van der Waals surface area contributed by atoms with Gasteiger partial charge in [0.05, 0.1) is 11.1 Å². The number of benzene rings is 6. The molecule has 1 aliphatic heterocycles. The van der Waals surface area contributed by atoms with E-state index in [1.165, 1.54) is 55.6 Å². The van der Waals surface area contributed by atoms with Crippen molar-refractivity contribution in [2.75, 3.05) is 4.90 Å². The lowest BCUT2D eigenvalue weighted by Crippen LogP contribution is -2.26. The minimum atomic E-state index is -0.475. The number of anilines is 1. The molecule has 0 aromatic heterocycles. The first-order valence-corrected chi connectivity index (χ1v) is 17.9. The fraction of sp³-hybridized carbons (Fsp3) is 0.0612. The summed E-state index contributed by atoms with van der Waals surface area (Å²) < 4.78 is 13.9. The minimum absolute atomic E-state index is 0.475. The van der Waals surface area contributed by atoms with E-state index in [-0.39, 0.29) is 0 Å². The Bertz CT molecular complexity index is 2520. The van der Waals surface area contributed by atoms with Crippen molar-refractivity contribution >= 4 is 11.3 Å². The molecule has 1 heterocycles. The van der Waals surface area contributed by atoms with Crippen LogP contribution in [0.5, 0.6) is 23.0 Å². The van der Waals surface area contributed by atoms with Gasteiger partial charge in [0.2, 0.25) is 0 Å². The molecule has 1 spiro atoms. The van der Waals surface area contributed by atoms with Crippen molar-refractivity contribution < 1.29 is 9.47 Å². The number of fused-ring (bicyclic) bond motifs is 12. The first-order valence-electron chi connectivity index (χ1n) is 17.9. The maximum atomic E-state index is 7.07. The van der Waals surface area contributed by atoms with E-state index in [2.05, 4.69) is 152 Å². The van der Waals surface area contributed by atoms with Crippen molar-refractivity contribution in [2.45, 2.75) is 18.3 Å². The molecule has 52 heavy (non-hydrogen) atoms. The normalized spacial score (nSPS) is 15.3. The molecule has 6 aromatic rings. The van der Waals surface area contributed by atoms with Gasteiger partial charge in [-0.1, -0.05) is 135 Å². The van der Waals surface area contributed by atoms with Crippen LogP contribution >= 0.6 is 0 Å². The van der Waals surface area contributed by atoms with Crippen molar-refractivity contribution in [1.82, 2.24) is 0 Å². The van der Waals surface area contributed by atoms with Gasteiger partial charge in [0.25, 0.3) is 0 Å². The second-order valence-electron chi connectivity index (χ2n) is 13.6.